The molecule has 43 heavy (non-hydrogen) atoms. The van der Waals surface area contributed by atoms with Gasteiger partial charge in [0.1, 0.15) is 41.4 Å². The van der Waals surface area contributed by atoms with Crippen LogP contribution in [0.3, 0.4) is 0 Å². The Morgan fingerprint density at radius 3 is 2.88 bits per heavy atom. The molecule has 1 N–H and O–H groups in total. The van der Waals surface area contributed by atoms with Crippen molar-refractivity contribution in [3.05, 3.63) is 47.7 Å². The highest BCUT2D eigenvalue weighted by molar-refractivity contribution is 6.03. The molecule has 2 unspecified atom stereocenters. The quantitative estimate of drug-likeness (QED) is 0.326. The van der Waals surface area contributed by atoms with E-state index in [1.165, 1.54) is 30.5 Å². The number of terminal acetylenes is 1. The largest absolute Gasteiger partial charge is 0.508 e. The standard InChI is InChI=1S/C32H30F3N5O3/c1-2-22-25(34)6-5-19-13-21(41)14-23(26(19)22)28-27(35)29-24(16-36-28)30(39-8-4-11-42-12-10-39)38-31(37-29)43-18-32-7-3-9-40(32)17-20(33)15-32/h1,5-6,13-14,16,20,41H,3-4,7-12,15,17-18H2. The molecule has 3 fully saturated rings. The van der Waals surface area contributed by atoms with E-state index in [1.54, 1.807) is 0 Å². The third kappa shape index (κ3) is 4.79. The second-order valence-electron chi connectivity index (χ2n) is 11.5. The second-order valence-corrected chi connectivity index (χ2v) is 11.5. The zero-order valence-electron chi connectivity index (χ0n) is 23.5. The summed E-state index contributed by atoms with van der Waals surface area (Å²) >= 11 is 0. The number of phenols is 1. The van der Waals surface area contributed by atoms with E-state index < -0.39 is 23.3 Å². The molecule has 3 aliphatic rings. The van der Waals surface area contributed by atoms with Gasteiger partial charge in [-0.3, -0.25) is 9.88 Å². The number of aromatic hydroxyl groups is 1. The SMILES string of the molecule is C#Cc1c(F)ccc2cc(O)cc(-c3ncc4c(N5CCCOCC5)nc(OCC56CCCN5CC(F)C6)nc4c3F)c12. The van der Waals surface area contributed by atoms with Gasteiger partial charge in [-0.05, 0) is 49.4 Å². The van der Waals surface area contributed by atoms with Crippen LogP contribution in [0.2, 0.25) is 0 Å². The van der Waals surface area contributed by atoms with Crippen LogP contribution in [0.1, 0.15) is 31.2 Å². The van der Waals surface area contributed by atoms with Gasteiger partial charge in [0.25, 0.3) is 0 Å². The number of hydrogen-bond donors (Lipinski definition) is 1. The van der Waals surface area contributed by atoms with E-state index in [9.17, 15) is 13.9 Å². The van der Waals surface area contributed by atoms with Crippen molar-refractivity contribution in [3.63, 3.8) is 0 Å². The van der Waals surface area contributed by atoms with Crippen molar-refractivity contribution in [1.29, 1.82) is 0 Å². The highest BCUT2D eigenvalue weighted by Crippen LogP contribution is 2.41. The third-order valence-electron chi connectivity index (χ3n) is 8.85. The Morgan fingerprint density at radius 2 is 2.02 bits per heavy atom. The van der Waals surface area contributed by atoms with Crippen molar-refractivity contribution >= 4 is 27.5 Å². The number of fused-ring (bicyclic) bond motifs is 3. The molecule has 3 aliphatic heterocycles. The Labute approximate surface area is 246 Å². The summed E-state index contributed by atoms with van der Waals surface area (Å²) in [5, 5.41) is 11.5. The summed E-state index contributed by atoms with van der Waals surface area (Å²) in [5.41, 5.74) is -0.559. The van der Waals surface area contributed by atoms with Gasteiger partial charge in [0, 0.05) is 49.8 Å². The first-order valence-electron chi connectivity index (χ1n) is 14.5. The van der Waals surface area contributed by atoms with E-state index in [2.05, 4.69) is 20.8 Å². The number of benzene rings is 2. The Kier molecular flexibility index (Phi) is 6.98. The Morgan fingerprint density at radius 1 is 1.14 bits per heavy atom. The van der Waals surface area contributed by atoms with Crippen LogP contribution < -0.4 is 9.64 Å². The van der Waals surface area contributed by atoms with Gasteiger partial charge in [0.2, 0.25) is 0 Å². The first-order chi connectivity index (χ1) is 20.9. The van der Waals surface area contributed by atoms with E-state index in [1.807, 2.05) is 4.90 Å². The molecular formula is C32H30F3N5O3. The van der Waals surface area contributed by atoms with Gasteiger partial charge < -0.3 is 19.5 Å². The Bertz CT molecular complexity index is 1770. The third-order valence-corrected chi connectivity index (χ3v) is 8.85. The minimum Gasteiger partial charge on any atom is -0.508 e. The first kappa shape index (κ1) is 27.7. The molecule has 2 aromatic heterocycles. The number of rotatable bonds is 5. The van der Waals surface area contributed by atoms with Crippen molar-refractivity contribution in [3.8, 4) is 35.4 Å². The van der Waals surface area contributed by atoms with Gasteiger partial charge in [0.15, 0.2) is 5.82 Å². The minimum atomic E-state index is -0.921. The summed E-state index contributed by atoms with van der Waals surface area (Å²) in [4.78, 5) is 17.8. The zero-order chi connectivity index (χ0) is 29.7. The van der Waals surface area contributed by atoms with Crippen LogP contribution in [-0.4, -0.2) is 82.7 Å². The lowest BCUT2D eigenvalue weighted by Gasteiger charge is -2.31. The number of phenolic OH excluding ortho intramolecular Hbond substituents is 1. The predicted molar refractivity (Wildman–Crippen MR) is 156 cm³/mol. The van der Waals surface area contributed by atoms with Crippen LogP contribution in [0.25, 0.3) is 32.9 Å². The fraction of sp³-hybridized carbons (Fsp3) is 0.406. The maximum absolute atomic E-state index is 16.6. The van der Waals surface area contributed by atoms with Crippen LogP contribution >= 0.6 is 0 Å². The molecule has 3 saturated heterocycles. The van der Waals surface area contributed by atoms with Gasteiger partial charge in [0.05, 0.1) is 23.1 Å². The molecule has 2 aromatic carbocycles. The monoisotopic (exact) mass is 589 g/mol. The molecule has 0 amide bonds. The van der Waals surface area contributed by atoms with Crippen LogP contribution in [-0.2, 0) is 4.74 Å². The maximum atomic E-state index is 16.6. The average molecular weight is 590 g/mol. The predicted octanol–water partition coefficient (Wildman–Crippen LogP) is 4.99. The number of anilines is 1. The lowest BCUT2D eigenvalue weighted by atomic mass is 9.95. The molecule has 0 saturated carbocycles. The lowest BCUT2D eigenvalue weighted by molar-refractivity contribution is 0.107. The topological polar surface area (TPSA) is 83.8 Å². The van der Waals surface area contributed by atoms with Crippen molar-refractivity contribution in [1.82, 2.24) is 19.9 Å². The van der Waals surface area contributed by atoms with Crippen molar-refractivity contribution in [2.24, 2.45) is 0 Å². The van der Waals surface area contributed by atoms with Crippen molar-refractivity contribution in [2.45, 2.75) is 37.4 Å². The molecule has 0 radical (unpaired) electrons. The van der Waals surface area contributed by atoms with Crippen LogP contribution in [0, 0.1) is 24.0 Å². The van der Waals surface area contributed by atoms with Gasteiger partial charge in [-0.1, -0.05) is 12.0 Å². The first-order valence-corrected chi connectivity index (χ1v) is 14.5. The second kappa shape index (κ2) is 10.8. The van der Waals surface area contributed by atoms with E-state index >= 15 is 4.39 Å². The molecule has 5 heterocycles. The molecule has 11 heteroatoms. The molecule has 0 bridgehead atoms. The fourth-order valence-corrected chi connectivity index (χ4v) is 6.87. The number of aromatic nitrogens is 3. The normalized spacial score (nSPS) is 22.6. The zero-order valence-corrected chi connectivity index (χ0v) is 23.5. The molecule has 0 aliphatic carbocycles. The van der Waals surface area contributed by atoms with Crippen LogP contribution in [0.15, 0.2) is 30.5 Å². The van der Waals surface area contributed by atoms with Gasteiger partial charge in [-0.15, -0.1) is 6.42 Å². The number of alkyl halides is 1. The maximum Gasteiger partial charge on any atom is 0.319 e. The Balaban J connectivity index is 1.38. The van der Waals surface area contributed by atoms with Crippen LogP contribution in [0.4, 0.5) is 19.0 Å². The van der Waals surface area contributed by atoms with Gasteiger partial charge >= 0.3 is 6.01 Å². The summed E-state index contributed by atoms with van der Waals surface area (Å²) in [6, 6.07) is 5.40. The molecule has 8 nitrogen and oxygen atoms in total. The lowest BCUT2D eigenvalue weighted by Crippen LogP contribution is -2.43. The van der Waals surface area contributed by atoms with Crippen molar-refractivity contribution in [2.75, 3.05) is 50.9 Å². The Hall–Kier alpha value is -4.14. The average Bonchev–Trinajstić information content (AvgIpc) is 3.37. The minimum absolute atomic E-state index is 0.0247. The van der Waals surface area contributed by atoms with E-state index in [4.69, 9.17) is 20.9 Å². The molecule has 2 atom stereocenters. The number of nitrogens with zero attached hydrogens (tertiary/aromatic N) is 5. The number of ether oxygens (including phenoxy) is 2. The summed E-state index contributed by atoms with van der Waals surface area (Å²) < 4.78 is 57.6. The fourth-order valence-electron chi connectivity index (χ4n) is 6.87. The molecule has 222 valence electrons. The van der Waals surface area contributed by atoms with E-state index in [0.29, 0.717) is 55.9 Å². The molecule has 7 rings (SSSR count). The summed E-state index contributed by atoms with van der Waals surface area (Å²) in [6.45, 7) is 3.59. The van der Waals surface area contributed by atoms with E-state index in [0.717, 1.165) is 25.8 Å². The summed E-state index contributed by atoms with van der Waals surface area (Å²) in [6.07, 6.45) is 9.09. The number of hydrogen-bond acceptors (Lipinski definition) is 8. The van der Waals surface area contributed by atoms with Crippen LogP contribution in [0.5, 0.6) is 11.8 Å². The summed E-state index contributed by atoms with van der Waals surface area (Å²) in [7, 11) is 0. The van der Waals surface area contributed by atoms with Gasteiger partial charge in [-0.25, -0.2) is 13.2 Å². The molecule has 0 spiro atoms. The highest BCUT2D eigenvalue weighted by Gasteiger charge is 2.49. The molecule has 4 aromatic rings. The van der Waals surface area contributed by atoms with Crippen molar-refractivity contribution < 1.29 is 27.8 Å². The van der Waals surface area contributed by atoms with Gasteiger partial charge in [-0.2, -0.15) is 9.97 Å². The smallest absolute Gasteiger partial charge is 0.319 e. The molecular weight excluding hydrogens is 559 g/mol. The number of pyridine rings is 1. The highest BCUT2D eigenvalue weighted by atomic mass is 19.1. The number of halogens is 3. The summed E-state index contributed by atoms with van der Waals surface area (Å²) in [5.74, 6) is 1.22. The van der Waals surface area contributed by atoms with E-state index in [-0.39, 0.29) is 46.1 Å².